The maximum absolute atomic E-state index is 5.62. The predicted molar refractivity (Wildman–Crippen MR) is 50.4 cm³/mol. The normalized spacial score (nSPS) is 23.3. The molecule has 0 spiro atoms. The molecule has 1 unspecified atom stereocenters. The number of nitrogens with zero attached hydrogens (tertiary/aromatic N) is 2. The van der Waals surface area contributed by atoms with Gasteiger partial charge in [-0.05, 0) is 31.2 Å². The molecule has 1 aliphatic rings. The summed E-state index contributed by atoms with van der Waals surface area (Å²) in [4.78, 5) is 0. The van der Waals surface area contributed by atoms with Crippen molar-refractivity contribution in [3.8, 4) is 0 Å². The van der Waals surface area contributed by atoms with Crippen LogP contribution < -0.4 is 0 Å². The highest BCUT2D eigenvalue weighted by molar-refractivity contribution is 5.03. The van der Waals surface area contributed by atoms with Gasteiger partial charge in [0.1, 0.15) is 6.23 Å². The van der Waals surface area contributed by atoms with E-state index in [2.05, 4.69) is 18.2 Å². The molecule has 1 saturated heterocycles. The second-order valence-corrected chi connectivity index (χ2v) is 3.50. The van der Waals surface area contributed by atoms with Gasteiger partial charge in [0.2, 0.25) is 0 Å². The van der Waals surface area contributed by atoms with E-state index in [-0.39, 0.29) is 6.23 Å². The molecule has 2 heterocycles. The number of ether oxygens (including phenoxy) is 1. The summed E-state index contributed by atoms with van der Waals surface area (Å²) >= 11 is 0. The fraction of sp³-hybridized carbons (Fsp3) is 0.700. The summed E-state index contributed by atoms with van der Waals surface area (Å²) in [6.45, 7) is 3.02. The Morgan fingerprint density at radius 1 is 1.62 bits per heavy atom. The first-order valence-electron chi connectivity index (χ1n) is 5.05. The van der Waals surface area contributed by atoms with E-state index >= 15 is 0 Å². The molecular weight excluding hydrogens is 164 g/mol. The molecular formula is C10H16N2O. The van der Waals surface area contributed by atoms with Crippen LogP contribution in [0.2, 0.25) is 0 Å². The van der Waals surface area contributed by atoms with Crippen molar-refractivity contribution in [3.05, 3.63) is 18.0 Å². The number of rotatable bonds is 2. The molecule has 0 aliphatic carbocycles. The van der Waals surface area contributed by atoms with Crippen molar-refractivity contribution in [1.82, 2.24) is 9.78 Å². The molecule has 0 amide bonds. The highest BCUT2D eigenvalue weighted by atomic mass is 16.5. The maximum Gasteiger partial charge on any atom is 0.150 e. The first-order valence-corrected chi connectivity index (χ1v) is 5.05. The van der Waals surface area contributed by atoms with Crippen LogP contribution in [0.25, 0.3) is 0 Å². The zero-order valence-corrected chi connectivity index (χ0v) is 8.07. The molecule has 1 aromatic rings. The highest BCUT2D eigenvalue weighted by Gasteiger charge is 2.15. The van der Waals surface area contributed by atoms with E-state index in [0.717, 1.165) is 19.4 Å². The van der Waals surface area contributed by atoms with Crippen molar-refractivity contribution in [3.63, 3.8) is 0 Å². The Morgan fingerprint density at radius 3 is 3.15 bits per heavy atom. The van der Waals surface area contributed by atoms with Crippen LogP contribution >= 0.6 is 0 Å². The van der Waals surface area contributed by atoms with Crippen molar-refractivity contribution in [1.29, 1.82) is 0 Å². The van der Waals surface area contributed by atoms with Gasteiger partial charge < -0.3 is 4.74 Å². The molecule has 13 heavy (non-hydrogen) atoms. The van der Waals surface area contributed by atoms with E-state index in [1.165, 1.54) is 18.4 Å². The van der Waals surface area contributed by atoms with Crippen molar-refractivity contribution in [2.24, 2.45) is 0 Å². The number of hydrogen-bond acceptors (Lipinski definition) is 2. The Hall–Kier alpha value is -0.830. The summed E-state index contributed by atoms with van der Waals surface area (Å²) in [7, 11) is 0. The predicted octanol–water partition coefficient (Wildman–Crippen LogP) is 2.14. The van der Waals surface area contributed by atoms with E-state index < -0.39 is 0 Å². The molecule has 0 aromatic carbocycles. The quantitative estimate of drug-likeness (QED) is 0.697. The Morgan fingerprint density at radius 2 is 2.54 bits per heavy atom. The lowest BCUT2D eigenvalue weighted by atomic mass is 10.2. The van der Waals surface area contributed by atoms with E-state index in [1.807, 2.05) is 10.9 Å². The van der Waals surface area contributed by atoms with E-state index in [1.54, 1.807) is 0 Å². The Labute approximate surface area is 78.7 Å². The number of hydrogen-bond donors (Lipinski definition) is 0. The summed E-state index contributed by atoms with van der Waals surface area (Å²) < 4.78 is 7.58. The molecule has 0 N–H and O–H groups in total. The zero-order valence-electron chi connectivity index (χ0n) is 8.07. The van der Waals surface area contributed by atoms with Crippen molar-refractivity contribution in [2.75, 3.05) is 6.61 Å². The molecule has 3 nitrogen and oxygen atoms in total. The van der Waals surface area contributed by atoms with Crippen LogP contribution in [-0.2, 0) is 11.2 Å². The van der Waals surface area contributed by atoms with Crippen molar-refractivity contribution >= 4 is 0 Å². The molecule has 72 valence electrons. The van der Waals surface area contributed by atoms with E-state index in [0.29, 0.717) is 0 Å². The summed E-state index contributed by atoms with van der Waals surface area (Å²) in [6.07, 6.45) is 8.81. The zero-order chi connectivity index (χ0) is 9.10. The number of aryl methyl sites for hydroxylation is 1. The van der Waals surface area contributed by atoms with Crippen molar-refractivity contribution in [2.45, 2.75) is 38.8 Å². The lowest BCUT2D eigenvalue weighted by molar-refractivity contribution is -0.0395. The van der Waals surface area contributed by atoms with Gasteiger partial charge >= 0.3 is 0 Å². The van der Waals surface area contributed by atoms with Crippen LogP contribution in [0, 0.1) is 0 Å². The molecule has 2 rings (SSSR count). The fourth-order valence-electron chi connectivity index (χ4n) is 1.65. The van der Waals surface area contributed by atoms with Crippen LogP contribution in [0.4, 0.5) is 0 Å². The Bertz CT molecular complexity index is 264. The topological polar surface area (TPSA) is 27.1 Å². The van der Waals surface area contributed by atoms with Gasteiger partial charge in [0.05, 0.1) is 6.20 Å². The van der Waals surface area contributed by atoms with Gasteiger partial charge in [-0.25, -0.2) is 4.68 Å². The minimum atomic E-state index is 0.189. The molecule has 1 fully saturated rings. The van der Waals surface area contributed by atoms with E-state index in [9.17, 15) is 0 Å². The second-order valence-electron chi connectivity index (χ2n) is 3.50. The van der Waals surface area contributed by atoms with Gasteiger partial charge in [-0.3, -0.25) is 0 Å². The molecule has 0 saturated carbocycles. The van der Waals surface area contributed by atoms with Gasteiger partial charge in [-0.15, -0.1) is 0 Å². The van der Waals surface area contributed by atoms with Gasteiger partial charge in [-0.1, -0.05) is 6.92 Å². The smallest absolute Gasteiger partial charge is 0.150 e. The van der Waals surface area contributed by atoms with Crippen LogP contribution in [-0.4, -0.2) is 16.4 Å². The third kappa shape index (κ3) is 1.91. The van der Waals surface area contributed by atoms with Gasteiger partial charge in [0, 0.05) is 12.8 Å². The highest BCUT2D eigenvalue weighted by Crippen LogP contribution is 2.21. The average molecular weight is 180 g/mol. The summed E-state index contributed by atoms with van der Waals surface area (Å²) in [5.41, 5.74) is 1.29. The maximum atomic E-state index is 5.62. The third-order valence-electron chi connectivity index (χ3n) is 2.51. The summed E-state index contributed by atoms with van der Waals surface area (Å²) in [5, 5.41) is 4.30. The Balaban J connectivity index is 2.05. The van der Waals surface area contributed by atoms with Crippen LogP contribution in [0.15, 0.2) is 12.4 Å². The lowest BCUT2D eigenvalue weighted by Gasteiger charge is -2.22. The summed E-state index contributed by atoms with van der Waals surface area (Å²) in [6, 6.07) is 0. The van der Waals surface area contributed by atoms with Crippen LogP contribution in [0.1, 0.15) is 38.0 Å². The molecule has 1 aliphatic heterocycles. The fourth-order valence-corrected chi connectivity index (χ4v) is 1.65. The van der Waals surface area contributed by atoms with Crippen LogP contribution in [0.5, 0.6) is 0 Å². The first-order chi connectivity index (χ1) is 6.40. The van der Waals surface area contributed by atoms with E-state index in [4.69, 9.17) is 4.74 Å². The van der Waals surface area contributed by atoms with Gasteiger partial charge in [-0.2, -0.15) is 5.10 Å². The standard InChI is InChI=1S/C10H16N2O/c1-2-9-7-11-12(8-9)10-5-3-4-6-13-10/h7-8,10H,2-6H2,1H3. The minimum Gasteiger partial charge on any atom is -0.357 e. The third-order valence-corrected chi connectivity index (χ3v) is 2.51. The minimum absolute atomic E-state index is 0.189. The molecule has 1 atom stereocenters. The average Bonchev–Trinajstić information content (AvgIpc) is 2.67. The van der Waals surface area contributed by atoms with Crippen molar-refractivity contribution < 1.29 is 4.74 Å². The number of aromatic nitrogens is 2. The molecule has 0 radical (unpaired) electrons. The Kier molecular flexibility index (Phi) is 2.64. The lowest BCUT2D eigenvalue weighted by Crippen LogP contribution is -2.18. The molecule has 1 aromatic heterocycles. The second kappa shape index (κ2) is 3.92. The van der Waals surface area contributed by atoms with Crippen LogP contribution in [0.3, 0.4) is 0 Å². The van der Waals surface area contributed by atoms with Gasteiger partial charge in [0.15, 0.2) is 0 Å². The first kappa shape index (κ1) is 8.75. The molecule has 0 bridgehead atoms. The summed E-state index contributed by atoms with van der Waals surface area (Å²) in [5.74, 6) is 0. The monoisotopic (exact) mass is 180 g/mol. The molecule has 3 heteroatoms. The van der Waals surface area contributed by atoms with Gasteiger partial charge in [0.25, 0.3) is 0 Å². The SMILES string of the molecule is CCc1cnn(C2CCCCO2)c1. The largest absolute Gasteiger partial charge is 0.357 e.